The molecule has 1 aromatic heterocycles. The van der Waals surface area contributed by atoms with E-state index in [2.05, 4.69) is 37.7 Å². The molecule has 0 spiro atoms. The van der Waals surface area contributed by atoms with Gasteiger partial charge in [0.25, 0.3) is 0 Å². The van der Waals surface area contributed by atoms with Gasteiger partial charge in [0.05, 0.1) is 11.0 Å². The van der Waals surface area contributed by atoms with E-state index in [0.717, 1.165) is 11.3 Å². The van der Waals surface area contributed by atoms with Gasteiger partial charge in [0, 0.05) is 22.5 Å². The van der Waals surface area contributed by atoms with Gasteiger partial charge in [0.15, 0.2) is 10.9 Å². The zero-order valence-electron chi connectivity index (χ0n) is 14.7. The van der Waals surface area contributed by atoms with Crippen molar-refractivity contribution in [3.63, 3.8) is 0 Å². The van der Waals surface area contributed by atoms with E-state index in [4.69, 9.17) is 23.8 Å². The fraction of sp³-hybridized carbons (Fsp3) is 0.158. The second-order valence-corrected chi connectivity index (χ2v) is 7.79. The summed E-state index contributed by atoms with van der Waals surface area (Å²) in [4.78, 5) is 0. The molecule has 3 aromatic rings. The van der Waals surface area contributed by atoms with E-state index in [0.29, 0.717) is 26.0 Å². The van der Waals surface area contributed by atoms with E-state index in [1.807, 2.05) is 26.0 Å². The number of nitrogens with zero attached hydrogens (tertiary/aromatic N) is 2. The number of thiocarbonyl (C=S) groups is 1. The molecule has 3 rings (SSSR count). The number of rotatable bonds is 4. The molecule has 0 aliphatic carbocycles. The summed E-state index contributed by atoms with van der Waals surface area (Å²) < 4.78 is 16.3. The highest BCUT2D eigenvalue weighted by Crippen LogP contribution is 2.24. The van der Waals surface area contributed by atoms with Gasteiger partial charge < -0.3 is 10.6 Å². The van der Waals surface area contributed by atoms with Crippen LogP contribution in [-0.4, -0.2) is 14.9 Å². The molecule has 0 aliphatic heterocycles. The first-order valence-electron chi connectivity index (χ1n) is 8.14. The van der Waals surface area contributed by atoms with Gasteiger partial charge in [-0.2, -0.15) is 5.10 Å². The van der Waals surface area contributed by atoms with Gasteiger partial charge in [-0.25, -0.2) is 4.39 Å². The van der Waals surface area contributed by atoms with Crippen molar-refractivity contribution in [2.45, 2.75) is 20.4 Å². The fourth-order valence-electron chi connectivity index (χ4n) is 2.62. The Bertz CT molecular complexity index is 985. The number of aryl methyl sites for hydroxylation is 2. The molecule has 2 N–H and O–H groups in total. The average Bonchev–Trinajstić information content (AvgIpc) is 2.93. The van der Waals surface area contributed by atoms with Crippen LogP contribution in [0.15, 0.2) is 47.1 Å². The smallest absolute Gasteiger partial charge is 0.176 e. The Balaban J connectivity index is 1.72. The zero-order valence-corrected chi connectivity index (χ0v) is 17.8. The normalized spacial score (nSPS) is 10.7. The molecular formula is C19H17BrClFN4S. The molecule has 0 fully saturated rings. The summed E-state index contributed by atoms with van der Waals surface area (Å²) in [5.41, 5.74) is 3.59. The maximum absolute atomic E-state index is 14.0. The van der Waals surface area contributed by atoms with Crippen LogP contribution in [-0.2, 0) is 6.54 Å². The van der Waals surface area contributed by atoms with E-state index in [1.165, 1.54) is 11.6 Å². The zero-order chi connectivity index (χ0) is 19.6. The summed E-state index contributed by atoms with van der Waals surface area (Å²) in [6.07, 6.45) is 1.74. The lowest BCUT2D eigenvalue weighted by molar-refractivity contribution is 0.586. The lowest BCUT2D eigenvalue weighted by atomic mass is 10.1. The van der Waals surface area contributed by atoms with E-state index >= 15 is 0 Å². The van der Waals surface area contributed by atoms with Gasteiger partial charge >= 0.3 is 0 Å². The summed E-state index contributed by atoms with van der Waals surface area (Å²) in [6.45, 7) is 4.27. The monoisotopic (exact) mass is 466 g/mol. The summed E-state index contributed by atoms with van der Waals surface area (Å²) in [5, 5.41) is 11.4. The third-order valence-corrected chi connectivity index (χ3v) is 5.10. The van der Waals surface area contributed by atoms with Gasteiger partial charge in [-0.1, -0.05) is 35.4 Å². The maximum Gasteiger partial charge on any atom is 0.176 e. The summed E-state index contributed by atoms with van der Waals surface area (Å²) in [7, 11) is 0. The second kappa shape index (κ2) is 8.37. The molecule has 0 amide bonds. The van der Waals surface area contributed by atoms with Gasteiger partial charge in [-0.05, 0) is 65.8 Å². The van der Waals surface area contributed by atoms with Crippen molar-refractivity contribution >= 4 is 56.4 Å². The van der Waals surface area contributed by atoms with Crippen molar-refractivity contribution in [3.8, 4) is 0 Å². The Morgan fingerprint density at radius 2 is 2.04 bits per heavy atom. The summed E-state index contributed by atoms with van der Waals surface area (Å²) in [5.74, 6) is 0.167. The predicted molar refractivity (Wildman–Crippen MR) is 116 cm³/mol. The van der Waals surface area contributed by atoms with Crippen molar-refractivity contribution < 1.29 is 4.39 Å². The Kier molecular flexibility index (Phi) is 6.14. The minimum absolute atomic E-state index is 0.211. The molecule has 140 valence electrons. The molecule has 0 atom stereocenters. The van der Waals surface area contributed by atoms with Crippen LogP contribution in [0.25, 0.3) is 0 Å². The first kappa shape index (κ1) is 19.8. The Labute approximate surface area is 175 Å². The van der Waals surface area contributed by atoms with Crippen molar-refractivity contribution in [2.24, 2.45) is 0 Å². The number of aromatic nitrogens is 2. The lowest BCUT2D eigenvalue weighted by Crippen LogP contribution is -2.20. The van der Waals surface area contributed by atoms with Crippen molar-refractivity contribution in [3.05, 3.63) is 74.6 Å². The Morgan fingerprint density at radius 1 is 1.26 bits per heavy atom. The molecule has 0 saturated carbocycles. The number of hydrogen-bond acceptors (Lipinski definition) is 2. The average molecular weight is 468 g/mol. The second-order valence-electron chi connectivity index (χ2n) is 6.12. The molecule has 27 heavy (non-hydrogen) atoms. The molecule has 0 bridgehead atoms. The number of anilines is 2. The Morgan fingerprint density at radius 3 is 2.74 bits per heavy atom. The third kappa shape index (κ3) is 4.86. The van der Waals surface area contributed by atoms with E-state index in [-0.39, 0.29) is 12.4 Å². The van der Waals surface area contributed by atoms with E-state index in [9.17, 15) is 4.39 Å². The largest absolute Gasteiger partial charge is 0.332 e. The van der Waals surface area contributed by atoms with Crippen LogP contribution < -0.4 is 10.6 Å². The number of benzene rings is 2. The molecular weight excluding hydrogens is 451 g/mol. The number of hydrogen-bond donors (Lipinski definition) is 2. The SMILES string of the molecule is Cc1ccc(NC(=S)Nc2nn(Cc3c(F)cccc3Cl)cc2Br)c(C)c1. The number of halogens is 3. The Hall–Kier alpha value is -1.96. The third-order valence-electron chi connectivity index (χ3n) is 3.96. The van der Waals surface area contributed by atoms with Crippen LogP contribution >= 0.6 is 39.7 Å². The number of nitrogens with one attached hydrogen (secondary N) is 2. The van der Waals surface area contributed by atoms with Gasteiger partial charge in [0.2, 0.25) is 0 Å². The topological polar surface area (TPSA) is 41.9 Å². The molecule has 0 saturated heterocycles. The van der Waals surface area contributed by atoms with Crippen LogP contribution in [0, 0.1) is 19.7 Å². The minimum atomic E-state index is -0.365. The quantitative estimate of drug-likeness (QED) is 0.468. The standard InChI is InChI=1S/C19H17BrClFN4S/c1-11-6-7-17(12(2)8-11)23-19(27)24-18-14(20)10-26(25-18)9-13-15(21)4-3-5-16(13)22/h3-8,10H,9H2,1-2H3,(H2,23,24,25,27). The highest BCUT2D eigenvalue weighted by atomic mass is 79.9. The summed E-state index contributed by atoms with van der Waals surface area (Å²) in [6, 6.07) is 10.7. The minimum Gasteiger partial charge on any atom is -0.332 e. The fourth-order valence-corrected chi connectivity index (χ4v) is 3.47. The molecule has 0 radical (unpaired) electrons. The van der Waals surface area contributed by atoms with Crippen LogP contribution in [0.3, 0.4) is 0 Å². The molecule has 1 heterocycles. The van der Waals surface area contributed by atoms with Crippen molar-refractivity contribution in [2.75, 3.05) is 10.6 Å². The van der Waals surface area contributed by atoms with Crippen LogP contribution in [0.4, 0.5) is 15.9 Å². The maximum atomic E-state index is 14.0. The highest BCUT2D eigenvalue weighted by Gasteiger charge is 2.12. The van der Waals surface area contributed by atoms with Gasteiger partial charge in [-0.15, -0.1) is 0 Å². The van der Waals surface area contributed by atoms with Crippen LogP contribution in [0.2, 0.25) is 5.02 Å². The van der Waals surface area contributed by atoms with Crippen LogP contribution in [0.1, 0.15) is 16.7 Å². The van der Waals surface area contributed by atoms with Crippen LogP contribution in [0.5, 0.6) is 0 Å². The lowest BCUT2D eigenvalue weighted by Gasteiger charge is -2.12. The first-order chi connectivity index (χ1) is 12.8. The molecule has 0 aliphatic rings. The van der Waals surface area contributed by atoms with Gasteiger partial charge in [-0.3, -0.25) is 4.68 Å². The van der Waals surface area contributed by atoms with Crippen molar-refractivity contribution in [1.82, 2.24) is 9.78 Å². The van der Waals surface area contributed by atoms with Crippen molar-refractivity contribution in [1.29, 1.82) is 0 Å². The van der Waals surface area contributed by atoms with E-state index < -0.39 is 0 Å². The predicted octanol–water partition coefficient (Wildman–Crippen LogP) is 5.91. The molecule has 2 aromatic carbocycles. The summed E-state index contributed by atoms with van der Waals surface area (Å²) >= 11 is 14.9. The molecule has 4 nitrogen and oxygen atoms in total. The molecule has 8 heteroatoms. The molecule has 0 unspecified atom stereocenters. The highest BCUT2D eigenvalue weighted by molar-refractivity contribution is 9.10. The first-order valence-corrected chi connectivity index (χ1v) is 9.72. The van der Waals surface area contributed by atoms with E-state index in [1.54, 1.807) is 23.0 Å². The van der Waals surface area contributed by atoms with Gasteiger partial charge in [0.1, 0.15) is 5.82 Å².